The molecule has 104 valence electrons. The lowest BCUT2D eigenvalue weighted by molar-refractivity contribution is 0.575. The van der Waals surface area contributed by atoms with E-state index in [1.807, 2.05) is 13.8 Å². The van der Waals surface area contributed by atoms with Gasteiger partial charge in [-0.05, 0) is 46.0 Å². The van der Waals surface area contributed by atoms with Crippen LogP contribution in [0.4, 0.5) is 5.82 Å². The molecule has 1 aromatic rings. The van der Waals surface area contributed by atoms with E-state index in [0.29, 0.717) is 5.82 Å². The van der Waals surface area contributed by atoms with E-state index in [9.17, 15) is 4.79 Å². The Morgan fingerprint density at radius 2 is 2.26 bits per heavy atom. The number of allylic oxidation sites excluding steroid dienone is 1. The molecule has 0 aromatic carbocycles. The van der Waals surface area contributed by atoms with Gasteiger partial charge in [0.25, 0.3) is 5.56 Å². The molecule has 0 unspecified atom stereocenters. The quantitative estimate of drug-likeness (QED) is 0.828. The first-order valence-corrected chi connectivity index (χ1v) is 7.17. The minimum Gasteiger partial charge on any atom is -0.365 e. The molecule has 19 heavy (non-hydrogen) atoms. The van der Waals surface area contributed by atoms with Gasteiger partial charge in [0.1, 0.15) is 0 Å². The predicted octanol–water partition coefficient (Wildman–Crippen LogP) is 3.13. The van der Waals surface area contributed by atoms with Crippen molar-refractivity contribution in [3.05, 3.63) is 34.4 Å². The van der Waals surface area contributed by atoms with Gasteiger partial charge in [-0.1, -0.05) is 11.6 Å². The molecule has 0 aliphatic heterocycles. The van der Waals surface area contributed by atoms with Crippen LogP contribution in [0.3, 0.4) is 0 Å². The van der Waals surface area contributed by atoms with Crippen LogP contribution in [-0.2, 0) is 0 Å². The molecule has 0 bridgehead atoms. The fourth-order valence-corrected chi connectivity index (χ4v) is 2.43. The van der Waals surface area contributed by atoms with E-state index < -0.39 is 0 Å². The van der Waals surface area contributed by atoms with Gasteiger partial charge < -0.3 is 9.88 Å². The summed E-state index contributed by atoms with van der Waals surface area (Å²) in [5, 5.41) is 3.17. The molecule has 0 saturated heterocycles. The lowest BCUT2D eigenvalue weighted by Crippen LogP contribution is -2.26. The normalized spacial score (nSPS) is 15.4. The molecule has 0 radical (unpaired) electrons. The summed E-state index contributed by atoms with van der Waals surface area (Å²) in [6.07, 6.45) is 11.8. The monoisotopic (exact) mass is 261 g/mol. The molecule has 4 heteroatoms. The van der Waals surface area contributed by atoms with Crippen molar-refractivity contribution in [2.45, 2.75) is 52.0 Å². The van der Waals surface area contributed by atoms with Crippen molar-refractivity contribution in [2.75, 3.05) is 11.9 Å². The van der Waals surface area contributed by atoms with Gasteiger partial charge in [0.05, 0.1) is 0 Å². The van der Waals surface area contributed by atoms with Crippen LogP contribution in [-0.4, -0.2) is 16.1 Å². The molecule has 4 nitrogen and oxygen atoms in total. The Labute approximate surface area is 114 Å². The molecule has 1 aliphatic carbocycles. The number of hydrogen-bond donors (Lipinski definition) is 1. The first-order chi connectivity index (χ1) is 9.18. The Bertz CT molecular complexity index is 502. The molecular formula is C15H23N3O. The maximum atomic E-state index is 12.1. The van der Waals surface area contributed by atoms with Crippen LogP contribution in [0.1, 0.15) is 52.0 Å². The molecule has 1 aromatic heterocycles. The highest BCUT2D eigenvalue weighted by Gasteiger charge is 2.07. The lowest BCUT2D eigenvalue weighted by Gasteiger charge is -2.14. The van der Waals surface area contributed by atoms with Crippen molar-refractivity contribution in [1.29, 1.82) is 0 Å². The Balaban J connectivity index is 1.94. The van der Waals surface area contributed by atoms with Gasteiger partial charge in [-0.2, -0.15) is 0 Å². The summed E-state index contributed by atoms with van der Waals surface area (Å²) < 4.78 is 1.70. The maximum absolute atomic E-state index is 12.1. The van der Waals surface area contributed by atoms with Gasteiger partial charge in [-0.15, -0.1) is 0 Å². The second kappa shape index (κ2) is 6.55. The fraction of sp³-hybridized carbons (Fsp3) is 0.600. The number of anilines is 1. The highest BCUT2D eigenvalue weighted by Crippen LogP contribution is 2.19. The zero-order valence-corrected chi connectivity index (χ0v) is 11.9. The largest absolute Gasteiger partial charge is 0.365 e. The van der Waals surface area contributed by atoms with Crippen LogP contribution in [0.2, 0.25) is 0 Å². The first-order valence-electron chi connectivity index (χ1n) is 7.17. The molecule has 0 fully saturated rings. The van der Waals surface area contributed by atoms with Gasteiger partial charge in [-0.25, -0.2) is 4.98 Å². The van der Waals surface area contributed by atoms with Crippen LogP contribution in [0.25, 0.3) is 0 Å². The third kappa shape index (κ3) is 3.69. The molecule has 2 rings (SSSR count). The van der Waals surface area contributed by atoms with E-state index in [2.05, 4.69) is 16.4 Å². The van der Waals surface area contributed by atoms with E-state index >= 15 is 0 Å². The summed E-state index contributed by atoms with van der Waals surface area (Å²) in [7, 11) is 0. The van der Waals surface area contributed by atoms with Crippen molar-refractivity contribution in [3.8, 4) is 0 Å². The lowest BCUT2D eigenvalue weighted by atomic mass is 9.97. The van der Waals surface area contributed by atoms with Crippen molar-refractivity contribution < 1.29 is 0 Å². The zero-order chi connectivity index (χ0) is 13.7. The molecule has 0 atom stereocenters. The molecule has 1 heterocycles. The summed E-state index contributed by atoms with van der Waals surface area (Å²) in [5.41, 5.74) is 1.48. The Hall–Kier alpha value is -1.58. The number of hydrogen-bond acceptors (Lipinski definition) is 3. The van der Waals surface area contributed by atoms with Crippen molar-refractivity contribution >= 4 is 5.82 Å². The number of nitrogens with zero attached hydrogens (tertiary/aromatic N) is 2. The van der Waals surface area contributed by atoms with Gasteiger partial charge in [0.2, 0.25) is 0 Å². The number of aromatic nitrogens is 2. The highest BCUT2D eigenvalue weighted by atomic mass is 16.1. The van der Waals surface area contributed by atoms with E-state index in [1.165, 1.54) is 31.3 Å². The molecule has 0 saturated carbocycles. The van der Waals surface area contributed by atoms with Gasteiger partial charge >= 0.3 is 0 Å². The summed E-state index contributed by atoms with van der Waals surface area (Å²) >= 11 is 0. The summed E-state index contributed by atoms with van der Waals surface area (Å²) in [6, 6.07) is 0.164. The average molecular weight is 261 g/mol. The van der Waals surface area contributed by atoms with Crippen LogP contribution in [0.5, 0.6) is 0 Å². The third-order valence-electron chi connectivity index (χ3n) is 3.55. The van der Waals surface area contributed by atoms with E-state index in [4.69, 9.17) is 0 Å². The summed E-state index contributed by atoms with van der Waals surface area (Å²) in [4.78, 5) is 16.3. The summed E-state index contributed by atoms with van der Waals surface area (Å²) in [6.45, 7) is 4.78. The minimum absolute atomic E-state index is 0.0323. The van der Waals surface area contributed by atoms with Gasteiger partial charge in [0.15, 0.2) is 5.82 Å². The number of nitrogens with one attached hydrogen (secondary N) is 1. The number of rotatable bonds is 5. The topological polar surface area (TPSA) is 46.9 Å². The second-order valence-electron chi connectivity index (χ2n) is 5.37. The van der Waals surface area contributed by atoms with Gasteiger partial charge in [0, 0.05) is 25.0 Å². The average Bonchev–Trinajstić information content (AvgIpc) is 2.41. The predicted molar refractivity (Wildman–Crippen MR) is 78.5 cm³/mol. The van der Waals surface area contributed by atoms with Crippen LogP contribution < -0.4 is 10.9 Å². The van der Waals surface area contributed by atoms with Crippen LogP contribution in [0, 0.1) is 0 Å². The Morgan fingerprint density at radius 3 is 2.95 bits per heavy atom. The second-order valence-corrected chi connectivity index (χ2v) is 5.37. The molecule has 0 spiro atoms. The smallest absolute Gasteiger partial charge is 0.293 e. The van der Waals surface area contributed by atoms with Crippen molar-refractivity contribution in [2.24, 2.45) is 0 Å². The van der Waals surface area contributed by atoms with E-state index in [-0.39, 0.29) is 11.6 Å². The van der Waals surface area contributed by atoms with E-state index in [0.717, 1.165) is 13.0 Å². The van der Waals surface area contributed by atoms with Crippen LogP contribution >= 0.6 is 0 Å². The Kier molecular flexibility index (Phi) is 4.77. The molecule has 1 N–H and O–H groups in total. The van der Waals surface area contributed by atoms with Crippen molar-refractivity contribution in [3.63, 3.8) is 0 Å². The fourth-order valence-electron chi connectivity index (χ4n) is 2.43. The van der Waals surface area contributed by atoms with Gasteiger partial charge in [-0.3, -0.25) is 4.79 Å². The minimum atomic E-state index is -0.0323. The third-order valence-corrected chi connectivity index (χ3v) is 3.55. The molecule has 1 aliphatic rings. The first kappa shape index (κ1) is 13.8. The molecular weight excluding hydrogens is 238 g/mol. The van der Waals surface area contributed by atoms with Crippen LogP contribution in [0.15, 0.2) is 28.8 Å². The van der Waals surface area contributed by atoms with E-state index in [1.54, 1.807) is 17.0 Å². The SMILES string of the molecule is CC(C)n1ccnc(NCCC2=CCCCC2)c1=O. The summed E-state index contributed by atoms with van der Waals surface area (Å²) in [5.74, 6) is 0.465. The molecule has 0 amide bonds. The maximum Gasteiger partial charge on any atom is 0.293 e. The Morgan fingerprint density at radius 1 is 1.42 bits per heavy atom. The zero-order valence-electron chi connectivity index (χ0n) is 11.9. The highest BCUT2D eigenvalue weighted by molar-refractivity contribution is 5.31. The van der Waals surface area contributed by atoms with Crippen molar-refractivity contribution in [1.82, 2.24) is 9.55 Å². The standard InChI is InChI=1S/C15H23N3O/c1-12(2)18-11-10-17-14(15(18)19)16-9-8-13-6-4-3-5-7-13/h6,10-12H,3-5,7-9H2,1-2H3,(H,16,17).